The maximum absolute atomic E-state index is 12.5. The van der Waals surface area contributed by atoms with Crippen molar-refractivity contribution in [2.45, 2.75) is 39.5 Å². The molecule has 0 unspecified atom stereocenters. The monoisotopic (exact) mass is 366 g/mol. The van der Waals surface area contributed by atoms with Gasteiger partial charge in [-0.2, -0.15) is 13.2 Å². The van der Waals surface area contributed by atoms with Gasteiger partial charge >= 0.3 is 18.0 Å². The number of aryl methyl sites for hydroxylation is 2. The van der Waals surface area contributed by atoms with Gasteiger partial charge in [0.1, 0.15) is 4.83 Å². The van der Waals surface area contributed by atoms with Gasteiger partial charge in [0.25, 0.3) is 5.56 Å². The minimum atomic E-state index is -4.48. The number of halogens is 3. The van der Waals surface area contributed by atoms with E-state index in [0.717, 1.165) is 9.13 Å². The van der Waals surface area contributed by atoms with Gasteiger partial charge in [-0.3, -0.25) is 13.9 Å². The van der Waals surface area contributed by atoms with Crippen molar-refractivity contribution in [2.75, 3.05) is 0 Å². The first kappa shape index (κ1) is 18.0. The van der Waals surface area contributed by atoms with Crippen LogP contribution in [0.5, 0.6) is 5.06 Å². The number of aromatic nitrogens is 2. The molecule has 2 rings (SSSR count). The average molecular weight is 366 g/mol. The Labute approximate surface area is 136 Å². The lowest BCUT2D eigenvalue weighted by atomic mass is 10.2. The molecule has 0 spiro atoms. The van der Waals surface area contributed by atoms with Gasteiger partial charge in [0.15, 0.2) is 5.06 Å². The highest BCUT2D eigenvalue weighted by atomic mass is 32.1. The van der Waals surface area contributed by atoms with Gasteiger partial charge in [-0.25, -0.2) is 9.59 Å². The Morgan fingerprint density at radius 2 is 1.92 bits per heavy atom. The molecular formula is C13H13F3N2O5S. The largest absolute Gasteiger partial charge is 0.512 e. The maximum Gasteiger partial charge on any atom is 0.512 e. The number of rotatable bonds is 4. The number of carboxylic acid groups (broad SMARTS) is 1. The van der Waals surface area contributed by atoms with Gasteiger partial charge in [0, 0.05) is 18.7 Å². The van der Waals surface area contributed by atoms with E-state index in [1.807, 2.05) is 0 Å². The molecule has 11 heteroatoms. The fourth-order valence-electron chi connectivity index (χ4n) is 2.27. The predicted molar refractivity (Wildman–Crippen MR) is 80.1 cm³/mol. The van der Waals surface area contributed by atoms with E-state index in [-0.39, 0.29) is 27.4 Å². The van der Waals surface area contributed by atoms with Gasteiger partial charge in [-0.15, -0.1) is 0 Å². The standard InChI is InChI=1S/C13H13F3N2O5S/c1-3-17-8(19)7-6(2)10(23-12(21)22)24-9(7)18(11(17)20)5-4-13(14,15)16/h3-5H2,1-2H3,(H,21,22). The van der Waals surface area contributed by atoms with Crippen LogP contribution in [0.4, 0.5) is 18.0 Å². The molecule has 0 bridgehead atoms. The van der Waals surface area contributed by atoms with Gasteiger partial charge in [-0.05, 0) is 13.8 Å². The molecule has 0 saturated carbocycles. The summed E-state index contributed by atoms with van der Waals surface area (Å²) < 4.78 is 43.7. The van der Waals surface area contributed by atoms with Crippen LogP contribution in [0, 0.1) is 6.92 Å². The SMILES string of the molecule is CCn1c(=O)c2c(C)c(OC(=O)O)sc2n(CCC(F)(F)F)c1=O. The lowest BCUT2D eigenvalue weighted by Crippen LogP contribution is -2.39. The number of fused-ring (bicyclic) bond motifs is 1. The Kier molecular flexibility index (Phi) is 4.74. The maximum atomic E-state index is 12.5. The highest BCUT2D eigenvalue weighted by Gasteiger charge is 2.29. The van der Waals surface area contributed by atoms with Crippen molar-refractivity contribution in [3.8, 4) is 5.06 Å². The van der Waals surface area contributed by atoms with Crippen molar-refractivity contribution in [2.24, 2.45) is 0 Å². The number of carbonyl (C=O) groups is 1. The molecule has 0 radical (unpaired) electrons. The highest BCUT2D eigenvalue weighted by Crippen LogP contribution is 2.35. The van der Waals surface area contributed by atoms with Crippen LogP contribution in [-0.4, -0.2) is 26.6 Å². The molecule has 0 saturated heterocycles. The second-order valence-corrected chi connectivity index (χ2v) is 5.87. The molecular weight excluding hydrogens is 353 g/mol. The zero-order valence-electron chi connectivity index (χ0n) is 12.6. The third-order valence-corrected chi connectivity index (χ3v) is 4.56. The Morgan fingerprint density at radius 3 is 2.42 bits per heavy atom. The van der Waals surface area contributed by atoms with Crippen molar-refractivity contribution in [1.82, 2.24) is 9.13 Å². The number of nitrogens with zero attached hydrogens (tertiary/aromatic N) is 2. The first-order valence-corrected chi connectivity index (χ1v) is 7.62. The molecule has 2 aromatic heterocycles. The van der Waals surface area contributed by atoms with Gasteiger partial charge in [0.2, 0.25) is 0 Å². The number of hydrogen-bond donors (Lipinski definition) is 1. The molecule has 2 heterocycles. The van der Waals surface area contributed by atoms with Crippen LogP contribution in [0.15, 0.2) is 9.59 Å². The molecule has 132 valence electrons. The van der Waals surface area contributed by atoms with Gasteiger partial charge < -0.3 is 9.84 Å². The van der Waals surface area contributed by atoms with Crippen LogP contribution >= 0.6 is 11.3 Å². The van der Waals surface area contributed by atoms with Crippen LogP contribution in [-0.2, 0) is 13.1 Å². The summed E-state index contributed by atoms with van der Waals surface area (Å²) in [5.41, 5.74) is -1.39. The topological polar surface area (TPSA) is 90.5 Å². The summed E-state index contributed by atoms with van der Waals surface area (Å²) in [4.78, 5) is 35.4. The molecule has 1 N–H and O–H groups in total. The van der Waals surface area contributed by atoms with E-state index >= 15 is 0 Å². The summed E-state index contributed by atoms with van der Waals surface area (Å²) in [6, 6.07) is 0. The number of hydrogen-bond acceptors (Lipinski definition) is 5. The van der Waals surface area contributed by atoms with Crippen molar-refractivity contribution < 1.29 is 27.8 Å². The number of alkyl halides is 3. The zero-order chi connectivity index (χ0) is 18.2. The van der Waals surface area contributed by atoms with E-state index in [9.17, 15) is 27.6 Å². The summed E-state index contributed by atoms with van der Waals surface area (Å²) in [6.07, 6.45) is -7.36. The molecule has 2 aromatic rings. The van der Waals surface area contributed by atoms with Crippen molar-refractivity contribution in [3.05, 3.63) is 26.4 Å². The average Bonchev–Trinajstić information content (AvgIpc) is 2.74. The van der Waals surface area contributed by atoms with Crippen molar-refractivity contribution >= 4 is 27.7 Å². The van der Waals surface area contributed by atoms with Crippen LogP contribution in [0.1, 0.15) is 18.9 Å². The first-order valence-electron chi connectivity index (χ1n) is 6.81. The molecule has 0 fully saturated rings. The third-order valence-electron chi connectivity index (χ3n) is 3.37. The predicted octanol–water partition coefficient (Wildman–Crippen LogP) is 2.56. The summed E-state index contributed by atoms with van der Waals surface area (Å²) >= 11 is 0.656. The highest BCUT2D eigenvalue weighted by molar-refractivity contribution is 7.20. The number of ether oxygens (including phenoxy) is 1. The lowest BCUT2D eigenvalue weighted by molar-refractivity contribution is -0.136. The zero-order valence-corrected chi connectivity index (χ0v) is 13.5. The molecule has 0 aliphatic carbocycles. The second-order valence-electron chi connectivity index (χ2n) is 4.91. The van der Waals surface area contributed by atoms with E-state index in [1.165, 1.54) is 13.8 Å². The van der Waals surface area contributed by atoms with E-state index in [2.05, 4.69) is 4.74 Å². The molecule has 24 heavy (non-hydrogen) atoms. The van der Waals surface area contributed by atoms with E-state index in [0.29, 0.717) is 11.3 Å². The fraction of sp³-hybridized carbons (Fsp3) is 0.462. The molecule has 0 aliphatic rings. The van der Waals surface area contributed by atoms with E-state index < -0.39 is 36.5 Å². The molecule has 0 atom stereocenters. The van der Waals surface area contributed by atoms with Gasteiger partial charge in [0.05, 0.1) is 11.8 Å². The molecule has 0 aliphatic heterocycles. The van der Waals surface area contributed by atoms with Crippen molar-refractivity contribution in [1.29, 1.82) is 0 Å². The van der Waals surface area contributed by atoms with Crippen LogP contribution < -0.4 is 16.0 Å². The summed E-state index contributed by atoms with van der Waals surface area (Å²) in [7, 11) is 0. The molecule has 0 aromatic carbocycles. The summed E-state index contributed by atoms with van der Waals surface area (Å²) in [6.45, 7) is 2.23. The lowest BCUT2D eigenvalue weighted by Gasteiger charge is -2.12. The molecule has 0 amide bonds. The summed E-state index contributed by atoms with van der Waals surface area (Å²) in [5, 5.41) is 8.54. The Balaban J connectivity index is 2.77. The van der Waals surface area contributed by atoms with Gasteiger partial charge in [-0.1, -0.05) is 11.3 Å². The minimum absolute atomic E-state index is 0.0140. The summed E-state index contributed by atoms with van der Waals surface area (Å²) in [5.74, 6) is 0. The quantitative estimate of drug-likeness (QED) is 0.840. The van der Waals surface area contributed by atoms with Crippen LogP contribution in [0.2, 0.25) is 0 Å². The van der Waals surface area contributed by atoms with Crippen molar-refractivity contribution in [3.63, 3.8) is 0 Å². The minimum Gasteiger partial charge on any atom is -0.449 e. The van der Waals surface area contributed by atoms with Crippen LogP contribution in [0.25, 0.3) is 10.2 Å². The smallest absolute Gasteiger partial charge is 0.449 e. The second kappa shape index (κ2) is 6.30. The number of thiophene rings is 1. The first-order chi connectivity index (χ1) is 11.1. The molecule has 7 nitrogen and oxygen atoms in total. The Morgan fingerprint density at radius 1 is 1.29 bits per heavy atom. The fourth-order valence-corrected chi connectivity index (χ4v) is 3.43. The third kappa shape index (κ3) is 3.30. The van der Waals surface area contributed by atoms with E-state index in [4.69, 9.17) is 5.11 Å². The van der Waals surface area contributed by atoms with Crippen LogP contribution in [0.3, 0.4) is 0 Å². The normalized spacial score (nSPS) is 11.9. The van der Waals surface area contributed by atoms with E-state index in [1.54, 1.807) is 0 Å². The Bertz CT molecular complexity index is 909. The Hall–Kier alpha value is -2.30.